The third kappa shape index (κ3) is 4.26. The van der Waals surface area contributed by atoms with Gasteiger partial charge in [0.05, 0.1) is 16.4 Å². The lowest BCUT2D eigenvalue weighted by Gasteiger charge is -2.22. The fourth-order valence-electron chi connectivity index (χ4n) is 2.91. The molecule has 0 aromatic heterocycles. The second-order valence-corrected chi connectivity index (χ2v) is 6.46. The van der Waals surface area contributed by atoms with E-state index in [-0.39, 0.29) is 12.5 Å². The fourth-order valence-corrected chi connectivity index (χ4v) is 3.10. The van der Waals surface area contributed by atoms with Crippen molar-refractivity contribution in [2.45, 2.75) is 12.8 Å². The molecule has 1 aliphatic rings. The van der Waals surface area contributed by atoms with Gasteiger partial charge in [-0.2, -0.15) is 0 Å². The minimum absolute atomic E-state index is 0.191. The predicted octanol–water partition coefficient (Wildman–Crippen LogP) is 3.06. The Kier molecular flexibility index (Phi) is 5.63. The Morgan fingerprint density at radius 1 is 1.15 bits per heavy atom. The minimum Gasteiger partial charge on any atom is -0.482 e. The summed E-state index contributed by atoms with van der Waals surface area (Å²) in [5.41, 5.74) is 7.13. The van der Waals surface area contributed by atoms with Gasteiger partial charge in [0.1, 0.15) is 5.75 Å². The maximum Gasteiger partial charge on any atom is 0.262 e. The van der Waals surface area contributed by atoms with Gasteiger partial charge in [-0.15, -0.1) is 0 Å². The normalized spacial score (nSPS) is 13.5. The summed E-state index contributed by atoms with van der Waals surface area (Å²) in [4.78, 5) is 26.0. The smallest absolute Gasteiger partial charge is 0.262 e. The highest BCUT2D eigenvalue weighted by Crippen LogP contribution is 2.30. The van der Waals surface area contributed by atoms with Crippen LogP contribution >= 0.6 is 11.6 Å². The van der Waals surface area contributed by atoms with Gasteiger partial charge in [0.2, 0.25) is 5.91 Å². The number of rotatable bonds is 6. The van der Waals surface area contributed by atoms with Crippen molar-refractivity contribution < 1.29 is 14.3 Å². The molecule has 1 heterocycles. The molecule has 7 heteroatoms. The number of amides is 2. The number of primary amides is 1. The molecular weight excluding hydrogens is 354 g/mol. The standard InChI is InChI=1S/C19H20ClN3O3/c20-14-5-1-2-6-17(14)26-12-18(24)22-15-11-13(19(21)25)7-8-16(15)23-9-3-4-10-23/h1-2,5-8,11H,3-4,9-10,12H2,(H2,21,25)(H,22,24). The quantitative estimate of drug-likeness (QED) is 0.815. The lowest BCUT2D eigenvalue weighted by molar-refractivity contribution is -0.118. The van der Waals surface area contributed by atoms with Gasteiger partial charge in [0.15, 0.2) is 6.61 Å². The molecule has 0 radical (unpaired) electrons. The van der Waals surface area contributed by atoms with Gasteiger partial charge in [0.25, 0.3) is 5.91 Å². The summed E-state index contributed by atoms with van der Waals surface area (Å²) in [5, 5.41) is 3.25. The van der Waals surface area contributed by atoms with Crippen molar-refractivity contribution in [3.63, 3.8) is 0 Å². The minimum atomic E-state index is -0.541. The number of hydrogen-bond donors (Lipinski definition) is 2. The maximum atomic E-state index is 12.3. The number of nitrogens with zero attached hydrogens (tertiary/aromatic N) is 1. The zero-order valence-corrected chi connectivity index (χ0v) is 15.0. The monoisotopic (exact) mass is 373 g/mol. The molecule has 0 saturated carbocycles. The van der Waals surface area contributed by atoms with Crippen LogP contribution in [0.25, 0.3) is 0 Å². The van der Waals surface area contributed by atoms with E-state index >= 15 is 0 Å². The number of carbonyl (C=O) groups excluding carboxylic acids is 2. The Hall–Kier alpha value is -2.73. The van der Waals surface area contributed by atoms with Crippen LogP contribution in [-0.4, -0.2) is 31.5 Å². The van der Waals surface area contributed by atoms with Crippen molar-refractivity contribution in [2.75, 3.05) is 29.9 Å². The Bertz CT molecular complexity index is 819. The number of ether oxygens (including phenoxy) is 1. The average Bonchev–Trinajstić information content (AvgIpc) is 3.15. The molecule has 6 nitrogen and oxygen atoms in total. The third-order valence-corrected chi connectivity index (χ3v) is 4.51. The topological polar surface area (TPSA) is 84.7 Å². The molecular formula is C19H20ClN3O3. The zero-order chi connectivity index (χ0) is 18.5. The van der Waals surface area contributed by atoms with Crippen LogP contribution < -0.4 is 20.7 Å². The van der Waals surface area contributed by atoms with E-state index in [4.69, 9.17) is 22.1 Å². The van der Waals surface area contributed by atoms with Crippen molar-refractivity contribution >= 4 is 34.8 Å². The van der Waals surface area contributed by atoms with E-state index in [9.17, 15) is 9.59 Å². The number of carbonyl (C=O) groups is 2. The van der Waals surface area contributed by atoms with Crippen LogP contribution in [0.4, 0.5) is 11.4 Å². The fraction of sp³-hybridized carbons (Fsp3) is 0.263. The summed E-state index contributed by atoms with van der Waals surface area (Å²) in [5.74, 6) is -0.442. The van der Waals surface area contributed by atoms with E-state index in [0.717, 1.165) is 31.6 Å². The highest BCUT2D eigenvalue weighted by atomic mass is 35.5. The first-order valence-electron chi connectivity index (χ1n) is 8.40. The average molecular weight is 374 g/mol. The van der Waals surface area contributed by atoms with E-state index in [1.54, 1.807) is 36.4 Å². The maximum absolute atomic E-state index is 12.3. The van der Waals surface area contributed by atoms with Crippen LogP contribution in [0.3, 0.4) is 0 Å². The molecule has 2 aromatic carbocycles. The van der Waals surface area contributed by atoms with Gasteiger partial charge in [-0.1, -0.05) is 23.7 Å². The van der Waals surface area contributed by atoms with Crippen LogP contribution in [0.5, 0.6) is 5.75 Å². The number of benzene rings is 2. The molecule has 0 unspecified atom stereocenters. The second kappa shape index (κ2) is 8.10. The summed E-state index contributed by atoms with van der Waals surface area (Å²) in [6.07, 6.45) is 2.20. The van der Waals surface area contributed by atoms with Gasteiger partial charge in [0, 0.05) is 18.7 Å². The van der Waals surface area contributed by atoms with E-state index in [1.807, 2.05) is 6.07 Å². The number of nitrogens with one attached hydrogen (secondary N) is 1. The van der Waals surface area contributed by atoms with Crippen LogP contribution in [0.2, 0.25) is 5.02 Å². The van der Waals surface area contributed by atoms with E-state index in [1.165, 1.54) is 0 Å². The Balaban J connectivity index is 1.74. The van der Waals surface area contributed by atoms with Crippen molar-refractivity contribution in [1.29, 1.82) is 0 Å². The molecule has 3 rings (SSSR count). The Morgan fingerprint density at radius 2 is 1.88 bits per heavy atom. The summed E-state index contributed by atoms with van der Waals surface area (Å²) in [7, 11) is 0. The number of hydrogen-bond acceptors (Lipinski definition) is 4. The lowest BCUT2D eigenvalue weighted by Crippen LogP contribution is -2.24. The summed E-state index contributed by atoms with van der Waals surface area (Å²) >= 11 is 6.02. The number of anilines is 2. The third-order valence-electron chi connectivity index (χ3n) is 4.20. The molecule has 3 N–H and O–H groups in total. The van der Waals surface area contributed by atoms with Crippen LogP contribution in [0.1, 0.15) is 23.2 Å². The van der Waals surface area contributed by atoms with E-state index in [2.05, 4.69) is 10.2 Å². The van der Waals surface area contributed by atoms with Crippen LogP contribution in [0, 0.1) is 0 Å². The van der Waals surface area contributed by atoms with Crippen molar-refractivity contribution in [2.24, 2.45) is 5.73 Å². The van der Waals surface area contributed by atoms with Crippen LogP contribution in [0.15, 0.2) is 42.5 Å². The van der Waals surface area contributed by atoms with Gasteiger partial charge in [-0.3, -0.25) is 9.59 Å². The van der Waals surface area contributed by atoms with Crippen LogP contribution in [-0.2, 0) is 4.79 Å². The molecule has 0 spiro atoms. The second-order valence-electron chi connectivity index (χ2n) is 6.06. The first-order valence-corrected chi connectivity index (χ1v) is 8.78. The summed E-state index contributed by atoms with van der Waals surface area (Å²) in [6.45, 7) is 1.63. The molecule has 0 aliphatic carbocycles. The Labute approximate surface area is 156 Å². The number of halogens is 1. The lowest BCUT2D eigenvalue weighted by atomic mass is 10.1. The number of nitrogens with two attached hydrogens (primary N) is 1. The highest BCUT2D eigenvalue weighted by molar-refractivity contribution is 6.32. The molecule has 2 aromatic rings. The van der Waals surface area contributed by atoms with E-state index in [0.29, 0.717) is 22.0 Å². The first kappa shape index (κ1) is 18.1. The van der Waals surface area contributed by atoms with Gasteiger partial charge in [-0.05, 0) is 43.2 Å². The van der Waals surface area contributed by atoms with Crippen molar-refractivity contribution in [1.82, 2.24) is 0 Å². The molecule has 0 bridgehead atoms. The van der Waals surface area contributed by atoms with Crippen molar-refractivity contribution in [3.8, 4) is 5.75 Å². The molecule has 1 fully saturated rings. The molecule has 136 valence electrons. The molecule has 1 aliphatic heterocycles. The van der Waals surface area contributed by atoms with Gasteiger partial charge < -0.3 is 20.7 Å². The van der Waals surface area contributed by atoms with E-state index < -0.39 is 5.91 Å². The predicted molar refractivity (Wildman–Crippen MR) is 102 cm³/mol. The Morgan fingerprint density at radius 3 is 2.58 bits per heavy atom. The first-order chi connectivity index (χ1) is 12.5. The summed E-state index contributed by atoms with van der Waals surface area (Å²) in [6, 6.07) is 12.0. The molecule has 26 heavy (non-hydrogen) atoms. The molecule has 1 saturated heterocycles. The highest BCUT2D eigenvalue weighted by Gasteiger charge is 2.18. The zero-order valence-electron chi connectivity index (χ0n) is 14.2. The van der Waals surface area contributed by atoms with Gasteiger partial charge in [-0.25, -0.2) is 0 Å². The van der Waals surface area contributed by atoms with Crippen molar-refractivity contribution in [3.05, 3.63) is 53.1 Å². The molecule has 2 amide bonds. The summed E-state index contributed by atoms with van der Waals surface area (Å²) < 4.78 is 5.46. The molecule has 0 atom stereocenters. The number of para-hydroxylation sites is 1. The van der Waals surface area contributed by atoms with Gasteiger partial charge >= 0.3 is 0 Å². The SMILES string of the molecule is NC(=O)c1ccc(N2CCCC2)c(NC(=O)COc2ccccc2Cl)c1. The largest absolute Gasteiger partial charge is 0.482 e.